The van der Waals surface area contributed by atoms with Crippen LogP contribution in [0.3, 0.4) is 0 Å². The first-order valence-electron chi connectivity index (χ1n) is 6.79. The van der Waals surface area contributed by atoms with E-state index in [1.807, 2.05) is 19.9 Å². The number of benzene rings is 2. The van der Waals surface area contributed by atoms with Gasteiger partial charge in [0.05, 0.1) is 18.8 Å². The highest BCUT2D eigenvalue weighted by Crippen LogP contribution is 2.34. The van der Waals surface area contributed by atoms with Gasteiger partial charge in [-0.05, 0) is 37.6 Å². The Morgan fingerprint density at radius 2 is 1.76 bits per heavy atom. The van der Waals surface area contributed by atoms with Gasteiger partial charge in [0.1, 0.15) is 11.9 Å². The van der Waals surface area contributed by atoms with E-state index >= 15 is 0 Å². The number of nitrogens with zero attached hydrogens (tertiary/aromatic N) is 1. The van der Waals surface area contributed by atoms with E-state index in [1.165, 1.54) is 6.07 Å². The summed E-state index contributed by atoms with van der Waals surface area (Å²) in [5.41, 5.74) is 1.29. The molecule has 0 aliphatic rings. The zero-order valence-corrected chi connectivity index (χ0v) is 12.0. The molecule has 0 N–H and O–H groups in total. The van der Waals surface area contributed by atoms with Crippen LogP contribution in [0.1, 0.15) is 19.4 Å². The molecule has 0 spiro atoms. The monoisotopic (exact) mass is 285 g/mol. The molecule has 0 fully saturated rings. The molecule has 0 aliphatic heterocycles. The van der Waals surface area contributed by atoms with Gasteiger partial charge in [0.2, 0.25) is 0 Å². The number of ether oxygens (including phenoxy) is 2. The minimum atomic E-state index is -0.526. The van der Waals surface area contributed by atoms with E-state index in [4.69, 9.17) is 14.7 Å². The molecule has 0 aliphatic carbocycles. The van der Waals surface area contributed by atoms with E-state index in [9.17, 15) is 4.39 Å². The zero-order chi connectivity index (χ0) is 15.2. The topological polar surface area (TPSA) is 42.2 Å². The predicted molar refractivity (Wildman–Crippen MR) is 78.9 cm³/mol. The van der Waals surface area contributed by atoms with E-state index in [1.54, 1.807) is 30.3 Å². The molecule has 0 saturated heterocycles. The largest absolute Gasteiger partial charge is 0.490 e. The van der Waals surface area contributed by atoms with Crippen molar-refractivity contribution in [3.63, 3.8) is 0 Å². The molecule has 4 heteroatoms. The van der Waals surface area contributed by atoms with Gasteiger partial charge in [0.25, 0.3) is 0 Å². The Bertz CT molecular complexity index is 677. The normalized spacial score (nSPS) is 10.0. The highest BCUT2D eigenvalue weighted by atomic mass is 19.1. The molecule has 0 bridgehead atoms. The van der Waals surface area contributed by atoms with Crippen LogP contribution >= 0.6 is 0 Å². The van der Waals surface area contributed by atoms with E-state index in [2.05, 4.69) is 0 Å². The van der Waals surface area contributed by atoms with Crippen molar-refractivity contribution in [2.24, 2.45) is 0 Å². The highest BCUT2D eigenvalue weighted by Gasteiger charge is 2.12. The Morgan fingerprint density at radius 1 is 1.05 bits per heavy atom. The van der Waals surface area contributed by atoms with Crippen LogP contribution < -0.4 is 9.47 Å². The molecule has 0 amide bonds. The fraction of sp³-hybridized carbons (Fsp3) is 0.235. The van der Waals surface area contributed by atoms with Crippen LogP contribution in [-0.2, 0) is 0 Å². The number of nitriles is 1. The van der Waals surface area contributed by atoms with E-state index in [-0.39, 0.29) is 5.56 Å². The summed E-state index contributed by atoms with van der Waals surface area (Å²) in [6.45, 7) is 4.80. The number of rotatable bonds is 5. The van der Waals surface area contributed by atoms with Gasteiger partial charge in [0.15, 0.2) is 11.5 Å². The first-order valence-corrected chi connectivity index (χ1v) is 6.79. The van der Waals surface area contributed by atoms with Crippen LogP contribution in [0.5, 0.6) is 11.5 Å². The molecule has 2 rings (SSSR count). The molecule has 0 aromatic heterocycles. The lowest BCUT2D eigenvalue weighted by molar-refractivity contribution is 0.288. The summed E-state index contributed by atoms with van der Waals surface area (Å²) in [4.78, 5) is 0. The van der Waals surface area contributed by atoms with Crippen LogP contribution in [-0.4, -0.2) is 13.2 Å². The van der Waals surface area contributed by atoms with Crippen LogP contribution in [0.25, 0.3) is 11.1 Å². The summed E-state index contributed by atoms with van der Waals surface area (Å²) in [6, 6.07) is 11.8. The van der Waals surface area contributed by atoms with Crippen molar-refractivity contribution in [2.45, 2.75) is 13.8 Å². The maximum atomic E-state index is 13.7. The summed E-state index contributed by atoms with van der Waals surface area (Å²) in [7, 11) is 0. The standard InChI is InChI=1S/C17H16FNO2/c1-3-20-16-9-8-12(10-17(16)21-4-2)13-6-5-7-15(18)14(13)11-19/h5-10H,3-4H2,1-2H3. The zero-order valence-electron chi connectivity index (χ0n) is 12.0. The summed E-state index contributed by atoms with van der Waals surface area (Å²) in [6.07, 6.45) is 0. The first-order chi connectivity index (χ1) is 10.2. The van der Waals surface area contributed by atoms with E-state index in [0.717, 1.165) is 5.56 Å². The van der Waals surface area contributed by atoms with Gasteiger partial charge >= 0.3 is 0 Å². The fourth-order valence-corrected chi connectivity index (χ4v) is 2.10. The Morgan fingerprint density at radius 3 is 2.43 bits per heavy atom. The molecule has 0 heterocycles. The van der Waals surface area contributed by atoms with Gasteiger partial charge in [-0.3, -0.25) is 0 Å². The van der Waals surface area contributed by atoms with Crippen molar-refractivity contribution in [2.75, 3.05) is 13.2 Å². The second-order valence-corrected chi connectivity index (χ2v) is 4.30. The Hall–Kier alpha value is -2.54. The van der Waals surface area contributed by atoms with Gasteiger partial charge in [-0.1, -0.05) is 18.2 Å². The second-order valence-electron chi connectivity index (χ2n) is 4.30. The van der Waals surface area contributed by atoms with Crippen molar-refractivity contribution in [3.05, 3.63) is 47.8 Å². The van der Waals surface area contributed by atoms with Crippen LogP contribution in [0, 0.1) is 17.1 Å². The number of hydrogen-bond acceptors (Lipinski definition) is 3. The number of halogens is 1. The molecular weight excluding hydrogens is 269 g/mol. The third kappa shape index (κ3) is 3.14. The first kappa shape index (κ1) is 14.9. The lowest BCUT2D eigenvalue weighted by Gasteiger charge is -2.13. The van der Waals surface area contributed by atoms with Crippen LogP contribution in [0.15, 0.2) is 36.4 Å². The molecule has 0 radical (unpaired) electrons. The van der Waals surface area contributed by atoms with Crippen molar-refractivity contribution in [3.8, 4) is 28.7 Å². The molecule has 108 valence electrons. The Labute approximate surface area is 123 Å². The quantitative estimate of drug-likeness (QED) is 0.828. The lowest BCUT2D eigenvalue weighted by Crippen LogP contribution is -1.99. The Kier molecular flexibility index (Phi) is 4.78. The van der Waals surface area contributed by atoms with Crippen LogP contribution in [0.2, 0.25) is 0 Å². The summed E-state index contributed by atoms with van der Waals surface area (Å²) in [5.74, 6) is 0.699. The average Bonchev–Trinajstić information content (AvgIpc) is 2.49. The van der Waals surface area contributed by atoms with Gasteiger partial charge in [0, 0.05) is 5.56 Å². The molecule has 0 unspecified atom stereocenters. The van der Waals surface area contributed by atoms with Crippen molar-refractivity contribution in [1.29, 1.82) is 5.26 Å². The van der Waals surface area contributed by atoms with E-state index in [0.29, 0.717) is 30.3 Å². The van der Waals surface area contributed by atoms with Crippen molar-refractivity contribution >= 4 is 0 Å². The highest BCUT2D eigenvalue weighted by molar-refractivity contribution is 5.73. The predicted octanol–water partition coefficient (Wildman–Crippen LogP) is 4.16. The maximum Gasteiger partial charge on any atom is 0.161 e. The molecule has 21 heavy (non-hydrogen) atoms. The van der Waals surface area contributed by atoms with Gasteiger partial charge in [-0.25, -0.2) is 4.39 Å². The minimum absolute atomic E-state index is 0.0316. The van der Waals surface area contributed by atoms with E-state index < -0.39 is 5.82 Å². The van der Waals surface area contributed by atoms with Gasteiger partial charge < -0.3 is 9.47 Å². The smallest absolute Gasteiger partial charge is 0.161 e. The van der Waals surface area contributed by atoms with Gasteiger partial charge in [-0.2, -0.15) is 5.26 Å². The third-order valence-corrected chi connectivity index (χ3v) is 2.98. The second kappa shape index (κ2) is 6.76. The molecule has 2 aromatic rings. The van der Waals surface area contributed by atoms with Crippen molar-refractivity contribution in [1.82, 2.24) is 0 Å². The average molecular weight is 285 g/mol. The fourth-order valence-electron chi connectivity index (χ4n) is 2.10. The minimum Gasteiger partial charge on any atom is -0.490 e. The molecular formula is C17H16FNO2. The van der Waals surface area contributed by atoms with Crippen molar-refractivity contribution < 1.29 is 13.9 Å². The molecule has 3 nitrogen and oxygen atoms in total. The summed E-state index contributed by atoms with van der Waals surface area (Å²) < 4.78 is 24.8. The Balaban J connectivity index is 2.53. The number of hydrogen-bond donors (Lipinski definition) is 0. The summed E-state index contributed by atoms with van der Waals surface area (Å²) in [5, 5.41) is 9.13. The van der Waals surface area contributed by atoms with Gasteiger partial charge in [-0.15, -0.1) is 0 Å². The molecule has 0 atom stereocenters. The third-order valence-electron chi connectivity index (χ3n) is 2.98. The molecule has 0 saturated carbocycles. The SMILES string of the molecule is CCOc1ccc(-c2cccc(F)c2C#N)cc1OCC. The van der Waals surface area contributed by atoms with Crippen LogP contribution in [0.4, 0.5) is 4.39 Å². The molecule has 2 aromatic carbocycles. The maximum absolute atomic E-state index is 13.7. The summed E-state index contributed by atoms with van der Waals surface area (Å²) >= 11 is 0. The lowest BCUT2D eigenvalue weighted by atomic mass is 9.99.